The largest absolute Gasteiger partial charge is 0.492 e. The lowest BCUT2D eigenvalue weighted by atomic mass is 10.1. The molecule has 0 saturated carbocycles. The molecule has 5 nitrogen and oxygen atoms in total. The minimum absolute atomic E-state index is 0. The fourth-order valence-corrected chi connectivity index (χ4v) is 3.55. The van der Waals surface area contributed by atoms with Crippen LogP contribution in [-0.4, -0.2) is 31.9 Å². The second-order valence-corrected chi connectivity index (χ2v) is 9.34. The summed E-state index contributed by atoms with van der Waals surface area (Å²) in [4.78, 5) is 0. The highest BCUT2D eigenvalue weighted by atomic mass is 32.2. The number of hydrogen-bond acceptors (Lipinski definition) is 4. The summed E-state index contributed by atoms with van der Waals surface area (Å²) < 4.78 is 43.1. The lowest BCUT2D eigenvalue weighted by Crippen LogP contribution is -2.09. The van der Waals surface area contributed by atoms with Crippen molar-refractivity contribution >= 4 is 10.1 Å². The van der Waals surface area contributed by atoms with Crippen molar-refractivity contribution in [2.45, 2.75) is 33.6 Å². The second kappa shape index (κ2) is 14.6. The molecular formula is C30H32O5S. The van der Waals surface area contributed by atoms with Crippen LogP contribution in [0.4, 0.5) is 0 Å². The predicted octanol–water partition coefficient (Wildman–Crippen LogP) is 5.96. The highest BCUT2D eigenvalue weighted by Crippen LogP contribution is 2.29. The Kier molecular flexibility index (Phi) is 11.6. The van der Waals surface area contributed by atoms with Crippen molar-refractivity contribution in [3.05, 3.63) is 95.1 Å². The van der Waals surface area contributed by atoms with E-state index >= 15 is 0 Å². The van der Waals surface area contributed by atoms with Crippen molar-refractivity contribution in [3.63, 3.8) is 0 Å². The standard InChI is InChI=1S/C29H28O5S.CH4/c1-2-3-19-33-28-22-27(18-16-25-13-8-5-9-14-25)29(34-20-10-21-35(30,31)32)23-26(28)17-15-24-11-6-4-7-12-24;/h4-9,11-14,22-23H,2-3,10,19-21H2,1H3,(H,30,31,32);1H4. The van der Waals surface area contributed by atoms with Gasteiger partial charge < -0.3 is 9.47 Å². The van der Waals surface area contributed by atoms with Gasteiger partial charge in [-0.1, -0.05) is 80.9 Å². The molecule has 36 heavy (non-hydrogen) atoms. The minimum Gasteiger partial charge on any atom is -0.492 e. The van der Waals surface area contributed by atoms with E-state index in [1.54, 1.807) is 6.07 Å². The van der Waals surface area contributed by atoms with Crippen molar-refractivity contribution in [2.24, 2.45) is 0 Å². The number of hydrogen-bond donors (Lipinski definition) is 1. The highest BCUT2D eigenvalue weighted by Gasteiger charge is 2.12. The number of rotatable bonds is 9. The summed E-state index contributed by atoms with van der Waals surface area (Å²) >= 11 is 0. The maximum Gasteiger partial charge on any atom is 0.264 e. The van der Waals surface area contributed by atoms with Crippen molar-refractivity contribution in [1.82, 2.24) is 0 Å². The first-order valence-electron chi connectivity index (χ1n) is 11.5. The highest BCUT2D eigenvalue weighted by molar-refractivity contribution is 7.85. The van der Waals surface area contributed by atoms with E-state index in [0.717, 1.165) is 24.0 Å². The molecule has 0 bridgehead atoms. The molecule has 0 fully saturated rings. The normalized spacial score (nSPS) is 10.2. The van der Waals surface area contributed by atoms with Gasteiger partial charge in [-0.05, 0) is 37.1 Å². The van der Waals surface area contributed by atoms with Crippen LogP contribution in [0.15, 0.2) is 72.8 Å². The molecule has 6 heteroatoms. The van der Waals surface area contributed by atoms with Crippen LogP contribution in [0, 0.1) is 23.7 Å². The van der Waals surface area contributed by atoms with Crippen LogP contribution in [0.2, 0.25) is 0 Å². The molecule has 188 valence electrons. The van der Waals surface area contributed by atoms with Gasteiger partial charge in [-0.25, -0.2) is 0 Å². The van der Waals surface area contributed by atoms with Gasteiger partial charge in [0, 0.05) is 23.3 Å². The summed E-state index contributed by atoms with van der Waals surface area (Å²) in [5, 5.41) is 0. The molecule has 1 N–H and O–H groups in total. The van der Waals surface area contributed by atoms with E-state index in [0.29, 0.717) is 29.2 Å². The zero-order chi connectivity index (χ0) is 24.9. The summed E-state index contributed by atoms with van der Waals surface area (Å²) in [6.45, 7) is 2.75. The fourth-order valence-electron chi connectivity index (χ4n) is 3.07. The molecule has 3 rings (SSSR count). The van der Waals surface area contributed by atoms with Gasteiger partial charge in [-0.3, -0.25) is 4.55 Å². The third-order valence-electron chi connectivity index (χ3n) is 4.87. The zero-order valence-corrected chi connectivity index (χ0v) is 20.5. The van der Waals surface area contributed by atoms with Gasteiger partial charge >= 0.3 is 0 Å². The maximum absolute atomic E-state index is 11.1. The summed E-state index contributed by atoms with van der Waals surface area (Å²) in [7, 11) is -4.05. The van der Waals surface area contributed by atoms with Crippen molar-refractivity contribution in [3.8, 4) is 35.2 Å². The van der Waals surface area contributed by atoms with Gasteiger partial charge in [-0.15, -0.1) is 0 Å². The quantitative estimate of drug-likeness (QED) is 0.221. The van der Waals surface area contributed by atoms with E-state index in [-0.39, 0.29) is 26.2 Å². The molecule has 3 aromatic rings. The Labute approximate surface area is 215 Å². The van der Waals surface area contributed by atoms with E-state index in [4.69, 9.17) is 14.0 Å². The average molecular weight is 505 g/mol. The zero-order valence-electron chi connectivity index (χ0n) is 19.7. The Balaban J connectivity index is 0.00000456. The Morgan fingerprint density at radius 1 is 0.722 bits per heavy atom. The first-order chi connectivity index (χ1) is 16.9. The third-order valence-corrected chi connectivity index (χ3v) is 5.68. The van der Waals surface area contributed by atoms with Crippen LogP contribution in [0.3, 0.4) is 0 Å². The molecule has 0 heterocycles. The molecule has 0 aliphatic heterocycles. The molecule has 0 aliphatic carbocycles. The van der Waals surface area contributed by atoms with E-state index < -0.39 is 10.1 Å². The lowest BCUT2D eigenvalue weighted by Gasteiger charge is -2.13. The van der Waals surface area contributed by atoms with Crippen LogP contribution in [0.25, 0.3) is 0 Å². The molecular weight excluding hydrogens is 472 g/mol. The van der Waals surface area contributed by atoms with Gasteiger partial charge in [0.25, 0.3) is 10.1 Å². The van der Waals surface area contributed by atoms with Gasteiger partial charge in [-0.2, -0.15) is 8.42 Å². The molecule has 3 aromatic carbocycles. The van der Waals surface area contributed by atoms with E-state index in [2.05, 4.69) is 30.6 Å². The van der Waals surface area contributed by atoms with Crippen LogP contribution in [0.5, 0.6) is 11.5 Å². The predicted molar refractivity (Wildman–Crippen MR) is 145 cm³/mol. The number of ether oxygens (including phenoxy) is 2. The monoisotopic (exact) mass is 504 g/mol. The summed E-state index contributed by atoms with van der Waals surface area (Å²) in [5.41, 5.74) is 2.99. The summed E-state index contributed by atoms with van der Waals surface area (Å²) in [6, 6.07) is 22.8. The fraction of sp³-hybridized carbons (Fsp3) is 0.267. The Hall–Kier alpha value is -3.71. The first-order valence-corrected chi connectivity index (χ1v) is 13.1. The molecule has 0 atom stereocenters. The van der Waals surface area contributed by atoms with E-state index in [9.17, 15) is 8.42 Å². The molecule has 0 amide bonds. The Bertz CT molecular complexity index is 1330. The van der Waals surface area contributed by atoms with E-state index in [1.807, 2.05) is 66.7 Å². The van der Waals surface area contributed by atoms with Crippen molar-refractivity contribution in [1.29, 1.82) is 0 Å². The summed E-state index contributed by atoms with van der Waals surface area (Å²) in [5.74, 6) is 13.3. The topological polar surface area (TPSA) is 72.8 Å². The van der Waals surface area contributed by atoms with Gasteiger partial charge in [0.1, 0.15) is 11.5 Å². The van der Waals surface area contributed by atoms with Gasteiger partial charge in [0.2, 0.25) is 0 Å². The van der Waals surface area contributed by atoms with Crippen LogP contribution in [-0.2, 0) is 10.1 Å². The first kappa shape index (κ1) is 28.5. The van der Waals surface area contributed by atoms with E-state index in [1.165, 1.54) is 0 Å². The number of unbranched alkanes of at least 4 members (excludes halogenated alkanes) is 1. The molecule has 0 spiro atoms. The lowest BCUT2D eigenvalue weighted by molar-refractivity contribution is 0.302. The summed E-state index contributed by atoms with van der Waals surface area (Å²) in [6.07, 6.45) is 2.05. The molecule has 0 radical (unpaired) electrons. The van der Waals surface area contributed by atoms with Gasteiger partial charge in [0.15, 0.2) is 0 Å². The number of benzene rings is 3. The molecule has 0 unspecified atom stereocenters. The molecule has 0 aromatic heterocycles. The Morgan fingerprint density at radius 3 is 1.58 bits per heavy atom. The smallest absolute Gasteiger partial charge is 0.264 e. The van der Waals surface area contributed by atoms with Crippen LogP contribution < -0.4 is 9.47 Å². The van der Waals surface area contributed by atoms with Crippen LogP contribution in [0.1, 0.15) is 55.9 Å². The molecule has 0 saturated heterocycles. The third kappa shape index (κ3) is 9.88. The average Bonchev–Trinajstić information content (AvgIpc) is 2.86. The molecule has 0 aliphatic rings. The Morgan fingerprint density at radius 2 is 1.17 bits per heavy atom. The maximum atomic E-state index is 11.1. The SMILES string of the molecule is C.CCCCOc1cc(C#Cc2ccccc2)c(OCCCS(=O)(=O)O)cc1C#Cc1ccccc1. The van der Waals surface area contributed by atoms with Gasteiger partial charge in [0.05, 0.1) is 30.1 Å². The minimum atomic E-state index is -4.05. The van der Waals surface area contributed by atoms with Crippen molar-refractivity contribution in [2.75, 3.05) is 19.0 Å². The van der Waals surface area contributed by atoms with Crippen LogP contribution >= 0.6 is 0 Å². The van der Waals surface area contributed by atoms with Crippen molar-refractivity contribution < 1.29 is 22.4 Å². The second-order valence-electron chi connectivity index (χ2n) is 7.77.